The van der Waals surface area contributed by atoms with E-state index in [2.05, 4.69) is 5.32 Å². The fourth-order valence-electron chi connectivity index (χ4n) is 1.36. The molecule has 5 nitrogen and oxygen atoms in total. The number of nitrogens with zero attached hydrogens (tertiary/aromatic N) is 1. The highest BCUT2D eigenvalue weighted by molar-refractivity contribution is 6.31. The van der Waals surface area contributed by atoms with E-state index in [9.17, 15) is 14.5 Å². The molecule has 1 aromatic rings. The Labute approximate surface area is 103 Å². The van der Waals surface area contributed by atoms with Gasteiger partial charge in [-0.3, -0.25) is 10.1 Å². The summed E-state index contributed by atoms with van der Waals surface area (Å²) in [5.74, 6) is -0.816. The number of hydrogen-bond donors (Lipinski definition) is 1. The Morgan fingerprint density at radius 3 is 2.82 bits per heavy atom. The quantitative estimate of drug-likeness (QED) is 0.655. The predicted octanol–water partition coefficient (Wildman–Crippen LogP) is 2.83. The van der Waals surface area contributed by atoms with Gasteiger partial charge in [0.05, 0.1) is 22.6 Å². The summed E-state index contributed by atoms with van der Waals surface area (Å²) in [5, 5.41) is 13.4. The first-order chi connectivity index (χ1) is 7.95. The number of rotatable bonds is 5. The third-order valence-corrected chi connectivity index (χ3v) is 2.34. The van der Waals surface area contributed by atoms with Crippen LogP contribution in [-0.4, -0.2) is 24.7 Å². The van der Waals surface area contributed by atoms with Gasteiger partial charge in [0.1, 0.15) is 11.5 Å². The van der Waals surface area contributed by atoms with Crippen LogP contribution in [-0.2, 0) is 4.74 Å². The van der Waals surface area contributed by atoms with Gasteiger partial charge in [-0.1, -0.05) is 11.6 Å². The molecule has 0 aromatic heterocycles. The molecule has 1 aromatic carbocycles. The molecular formula is C10H12ClFN2O3. The molecule has 17 heavy (non-hydrogen) atoms. The van der Waals surface area contributed by atoms with Crippen LogP contribution in [0.3, 0.4) is 0 Å². The molecule has 0 aliphatic heterocycles. The van der Waals surface area contributed by atoms with Crippen LogP contribution in [0, 0.1) is 15.9 Å². The average molecular weight is 263 g/mol. The van der Waals surface area contributed by atoms with Crippen molar-refractivity contribution in [3.05, 3.63) is 33.1 Å². The molecule has 0 radical (unpaired) electrons. The molecular weight excluding hydrogens is 251 g/mol. The molecule has 0 amide bonds. The normalized spacial score (nSPS) is 12.2. The second kappa shape index (κ2) is 5.79. The van der Waals surface area contributed by atoms with Gasteiger partial charge in [-0.05, 0) is 13.0 Å². The maximum atomic E-state index is 13.1. The van der Waals surface area contributed by atoms with Gasteiger partial charge in [-0.2, -0.15) is 0 Å². The highest BCUT2D eigenvalue weighted by Crippen LogP contribution is 2.30. The standard InChI is InChI=1S/C10H12ClFN2O3/c1-6(5-17-2)13-9-3-7(11)8(12)4-10(9)14(15)16/h3-4,6,13H,5H2,1-2H3. The molecule has 1 N–H and O–H groups in total. The van der Waals surface area contributed by atoms with E-state index in [-0.39, 0.29) is 22.4 Å². The molecule has 94 valence electrons. The van der Waals surface area contributed by atoms with Crippen LogP contribution in [0.25, 0.3) is 0 Å². The van der Waals surface area contributed by atoms with Crippen molar-refractivity contribution < 1.29 is 14.1 Å². The number of benzene rings is 1. The number of ether oxygens (including phenoxy) is 1. The van der Waals surface area contributed by atoms with Gasteiger partial charge in [0, 0.05) is 13.2 Å². The van der Waals surface area contributed by atoms with E-state index in [4.69, 9.17) is 16.3 Å². The van der Waals surface area contributed by atoms with Gasteiger partial charge in [-0.15, -0.1) is 0 Å². The Bertz CT molecular complexity index is 428. The summed E-state index contributed by atoms with van der Waals surface area (Å²) < 4.78 is 18.0. The van der Waals surface area contributed by atoms with Crippen molar-refractivity contribution in [1.29, 1.82) is 0 Å². The van der Waals surface area contributed by atoms with Crippen LogP contribution < -0.4 is 5.32 Å². The van der Waals surface area contributed by atoms with Gasteiger partial charge in [-0.25, -0.2) is 4.39 Å². The van der Waals surface area contributed by atoms with E-state index >= 15 is 0 Å². The third kappa shape index (κ3) is 3.54. The van der Waals surface area contributed by atoms with Gasteiger partial charge in [0.25, 0.3) is 5.69 Å². The molecule has 0 saturated carbocycles. The lowest BCUT2D eigenvalue weighted by molar-refractivity contribution is -0.384. The van der Waals surface area contributed by atoms with Crippen LogP contribution in [0.4, 0.5) is 15.8 Å². The second-order valence-corrected chi connectivity index (χ2v) is 3.95. The maximum absolute atomic E-state index is 13.1. The van der Waals surface area contributed by atoms with Crippen molar-refractivity contribution in [1.82, 2.24) is 0 Å². The zero-order valence-electron chi connectivity index (χ0n) is 9.37. The van der Waals surface area contributed by atoms with E-state index in [1.54, 1.807) is 6.92 Å². The van der Waals surface area contributed by atoms with Crippen LogP contribution >= 0.6 is 11.6 Å². The van der Waals surface area contributed by atoms with Crippen LogP contribution in [0.1, 0.15) is 6.92 Å². The van der Waals surface area contributed by atoms with Gasteiger partial charge in [0.15, 0.2) is 0 Å². The third-order valence-electron chi connectivity index (χ3n) is 2.05. The first kappa shape index (κ1) is 13.7. The van der Waals surface area contributed by atoms with Gasteiger partial charge in [0.2, 0.25) is 0 Å². The summed E-state index contributed by atoms with van der Waals surface area (Å²) in [6, 6.07) is 1.84. The lowest BCUT2D eigenvalue weighted by Gasteiger charge is -2.14. The Morgan fingerprint density at radius 2 is 2.29 bits per heavy atom. The van der Waals surface area contributed by atoms with Crippen LogP contribution in [0.15, 0.2) is 12.1 Å². The molecule has 7 heteroatoms. The molecule has 0 spiro atoms. The van der Waals surface area contributed by atoms with Gasteiger partial charge < -0.3 is 10.1 Å². The van der Waals surface area contributed by atoms with Crippen molar-refractivity contribution in [3.63, 3.8) is 0 Å². The Kier molecular flexibility index (Phi) is 4.65. The number of halogens is 2. The van der Waals surface area contributed by atoms with Crippen molar-refractivity contribution in [2.45, 2.75) is 13.0 Å². The van der Waals surface area contributed by atoms with E-state index in [1.165, 1.54) is 13.2 Å². The average Bonchev–Trinajstić information content (AvgIpc) is 2.23. The highest BCUT2D eigenvalue weighted by atomic mass is 35.5. The van der Waals surface area contributed by atoms with Crippen molar-refractivity contribution in [2.24, 2.45) is 0 Å². The molecule has 0 aliphatic rings. The summed E-state index contributed by atoms with van der Waals surface area (Å²) in [7, 11) is 1.52. The van der Waals surface area contributed by atoms with Crippen molar-refractivity contribution in [3.8, 4) is 0 Å². The van der Waals surface area contributed by atoms with Crippen LogP contribution in [0.5, 0.6) is 0 Å². The minimum Gasteiger partial charge on any atom is -0.383 e. The maximum Gasteiger partial charge on any atom is 0.295 e. The summed E-state index contributed by atoms with van der Waals surface area (Å²) in [6.07, 6.45) is 0. The number of methoxy groups -OCH3 is 1. The van der Waals surface area contributed by atoms with E-state index < -0.39 is 10.7 Å². The zero-order chi connectivity index (χ0) is 13.0. The first-order valence-corrected chi connectivity index (χ1v) is 5.22. The number of anilines is 1. The molecule has 1 unspecified atom stereocenters. The SMILES string of the molecule is COCC(C)Nc1cc(Cl)c(F)cc1[N+](=O)[O-]. The molecule has 0 saturated heterocycles. The van der Waals surface area contributed by atoms with Crippen LogP contribution in [0.2, 0.25) is 5.02 Å². The Hall–Kier alpha value is -1.40. The number of hydrogen-bond acceptors (Lipinski definition) is 4. The largest absolute Gasteiger partial charge is 0.383 e. The van der Waals surface area contributed by atoms with E-state index in [1.807, 2.05) is 0 Å². The minimum absolute atomic E-state index is 0.153. The summed E-state index contributed by atoms with van der Waals surface area (Å²) in [5.41, 5.74) is -0.180. The highest BCUT2D eigenvalue weighted by Gasteiger charge is 2.19. The minimum atomic E-state index is -0.816. The monoisotopic (exact) mass is 262 g/mol. The first-order valence-electron chi connectivity index (χ1n) is 4.84. The smallest absolute Gasteiger partial charge is 0.295 e. The predicted molar refractivity (Wildman–Crippen MR) is 63.0 cm³/mol. The zero-order valence-corrected chi connectivity index (χ0v) is 10.1. The lowest BCUT2D eigenvalue weighted by Crippen LogP contribution is -2.21. The van der Waals surface area contributed by atoms with Gasteiger partial charge >= 0.3 is 0 Å². The topological polar surface area (TPSA) is 64.4 Å². The molecule has 0 bridgehead atoms. The summed E-state index contributed by atoms with van der Waals surface area (Å²) in [4.78, 5) is 10.1. The molecule has 0 aliphatic carbocycles. The molecule has 0 heterocycles. The van der Waals surface area contributed by atoms with Crippen molar-refractivity contribution in [2.75, 3.05) is 19.0 Å². The Balaban J connectivity index is 3.04. The fourth-order valence-corrected chi connectivity index (χ4v) is 1.52. The molecule has 1 atom stereocenters. The van der Waals surface area contributed by atoms with E-state index in [0.717, 1.165) is 6.07 Å². The number of nitro benzene ring substituents is 1. The molecule has 1 rings (SSSR count). The summed E-state index contributed by atoms with van der Waals surface area (Å²) in [6.45, 7) is 2.15. The van der Waals surface area contributed by atoms with E-state index in [0.29, 0.717) is 6.61 Å². The summed E-state index contributed by atoms with van der Waals surface area (Å²) >= 11 is 5.58. The second-order valence-electron chi connectivity index (χ2n) is 3.54. The molecule has 0 fully saturated rings. The fraction of sp³-hybridized carbons (Fsp3) is 0.400. The number of nitro groups is 1. The number of nitrogens with one attached hydrogen (secondary N) is 1. The lowest BCUT2D eigenvalue weighted by atomic mass is 10.2. The Morgan fingerprint density at radius 1 is 1.65 bits per heavy atom. The van der Waals surface area contributed by atoms with Crippen molar-refractivity contribution >= 4 is 23.0 Å².